The molecular weight excluding hydrogens is 342 g/mol. The number of hydrogen-bond donors (Lipinski definition) is 3. The number of nitrogens with zero attached hydrogens (tertiary/aromatic N) is 4. The lowest BCUT2D eigenvalue weighted by Crippen LogP contribution is -2.45. The molecule has 8 nitrogen and oxygen atoms in total. The predicted octanol–water partition coefficient (Wildman–Crippen LogP) is 2.03. The molecule has 0 spiro atoms. The summed E-state index contributed by atoms with van der Waals surface area (Å²) in [7, 11) is 0. The lowest BCUT2D eigenvalue weighted by molar-refractivity contribution is 0.0924. The second-order valence-corrected chi connectivity index (χ2v) is 7.47. The minimum atomic E-state index is -0.0929. The van der Waals surface area contributed by atoms with Crippen molar-refractivity contribution in [3.8, 4) is 11.3 Å². The Morgan fingerprint density at radius 1 is 1.41 bits per heavy atom. The summed E-state index contributed by atoms with van der Waals surface area (Å²) in [6.45, 7) is 7.98. The molecule has 0 aliphatic carbocycles. The topological polar surface area (TPSA) is 100 Å². The number of fused-ring (bicyclic) bond motifs is 1. The van der Waals surface area contributed by atoms with E-state index in [4.69, 9.17) is 0 Å². The summed E-state index contributed by atoms with van der Waals surface area (Å²) in [4.78, 5) is 17.1. The van der Waals surface area contributed by atoms with Crippen LogP contribution >= 0.6 is 0 Å². The van der Waals surface area contributed by atoms with Gasteiger partial charge in [0, 0.05) is 29.9 Å². The second-order valence-electron chi connectivity index (χ2n) is 7.47. The number of nitrogens with one attached hydrogen (secondary N) is 3. The molecule has 1 atom stereocenters. The monoisotopic (exact) mass is 367 g/mol. The van der Waals surface area contributed by atoms with Crippen LogP contribution in [0.3, 0.4) is 0 Å². The van der Waals surface area contributed by atoms with E-state index in [0.29, 0.717) is 5.69 Å². The fraction of sp³-hybridized carbons (Fsp3) is 0.474. The van der Waals surface area contributed by atoms with Gasteiger partial charge in [-0.3, -0.25) is 9.89 Å². The Kier molecular flexibility index (Phi) is 4.65. The molecule has 0 bridgehead atoms. The summed E-state index contributed by atoms with van der Waals surface area (Å²) in [5.41, 5.74) is 5.02. The molecular formula is C19H25N7O. The van der Waals surface area contributed by atoms with E-state index in [1.807, 2.05) is 19.2 Å². The van der Waals surface area contributed by atoms with Gasteiger partial charge in [-0.1, -0.05) is 13.8 Å². The number of rotatable bonds is 4. The van der Waals surface area contributed by atoms with Crippen molar-refractivity contribution in [3.63, 3.8) is 0 Å². The summed E-state index contributed by atoms with van der Waals surface area (Å²) in [6.07, 6.45) is 5.52. The Labute approximate surface area is 157 Å². The summed E-state index contributed by atoms with van der Waals surface area (Å²) in [5.74, 6) is 0.0560. The number of carbonyl (C=O) groups is 1. The molecule has 1 aliphatic rings. The van der Waals surface area contributed by atoms with Crippen LogP contribution < -0.4 is 10.6 Å². The van der Waals surface area contributed by atoms with Crippen LogP contribution in [0.15, 0.2) is 18.6 Å². The summed E-state index contributed by atoms with van der Waals surface area (Å²) >= 11 is 0. The van der Waals surface area contributed by atoms with Gasteiger partial charge in [-0.2, -0.15) is 10.2 Å². The van der Waals surface area contributed by atoms with Crippen molar-refractivity contribution in [3.05, 3.63) is 35.4 Å². The van der Waals surface area contributed by atoms with Crippen molar-refractivity contribution < 1.29 is 4.79 Å². The van der Waals surface area contributed by atoms with Gasteiger partial charge >= 0.3 is 0 Å². The second kappa shape index (κ2) is 7.11. The Bertz CT molecular complexity index is 966. The van der Waals surface area contributed by atoms with Crippen LogP contribution in [0.1, 0.15) is 54.2 Å². The van der Waals surface area contributed by atoms with Crippen molar-refractivity contribution in [2.24, 2.45) is 0 Å². The first-order chi connectivity index (χ1) is 13.0. The van der Waals surface area contributed by atoms with E-state index in [-0.39, 0.29) is 17.9 Å². The highest BCUT2D eigenvalue weighted by atomic mass is 16.2. The molecule has 1 saturated heterocycles. The van der Waals surface area contributed by atoms with Gasteiger partial charge in [0.05, 0.1) is 5.69 Å². The first-order valence-electron chi connectivity index (χ1n) is 9.44. The lowest BCUT2D eigenvalue weighted by atomic mass is 9.96. The Balaban J connectivity index is 1.70. The highest BCUT2D eigenvalue weighted by molar-refractivity contribution is 5.96. The molecule has 0 aromatic carbocycles. The molecule has 3 aromatic rings. The van der Waals surface area contributed by atoms with E-state index in [1.54, 1.807) is 4.52 Å². The molecule has 142 valence electrons. The molecule has 0 unspecified atom stereocenters. The van der Waals surface area contributed by atoms with Gasteiger partial charge in [0.2, 0.25) is 0 Å². The van der Waals surface area contributed by atoms with Gasteiger partial charge in [-0.15, -0.1) is 0 Å². The third-order valence-electron chi connectivity index (χ3n) is 5.07. The number of aromatic amines is 1. The van der Waals surface area contributed by atoms with E-state index in [0.717, 1.165) is 54.0 Å². The number of aromatic nitrogens is 5. The molecule has 1 aliphatic heterocycles. The van der Waals surface area contributed by atoms with Gasteiger partial charge in [0.25, 0.3) is 5.91 Å². The summed E-state index contributed by atoms with van der Waals surface area (Å²) < 4.78 is 1.75. The number of amides is 1. The predicted molar refractivity (Wildman–Crippen MR) is 103 cm³/mol. The molecule has 4 rings (SSSR count). The number of aryl methyl sites for hydroxylation is 1. The average molecular weight is 367 g/mol. The number of carbonyl (C=O) groups excluding carboxylic acids is 1. The zero-order valence-corrected chi connectivity index (χ0v) is 15.9. The smallest absolute Gasteiger partial charge is 0.269 e. The fourth-order valence-electron chi connectivity index (χ4n) is 3.76. The van der Waals surface area contributed by atoms with Crippen molar-refractivity contribution in [1.29, 1.82) is 0 Å². The molecule has 3 N–H and O–H groups in total. The van der Waals surface area contributed by atoms with E-state index >= 15 is 0 Å². The first-order valence-corrected chi connectivity index (χ1v) is 9.44. The Hall–Kier alpha value is -2.74. The average Bonchev–Trinajstić information content (AvgIpc) is 3.29. The molecule has 3 aromatic heterocycles. The maximum atomic E-state index is 12.9. The minimum Gasteiger partial charge on any atom is -0.347 e. The quantitative estimate of drug-likeness (QED) is 0.655. The number of H-pyrrole nitrogens is 1. The molecule has 8 heteroatoms. The Morgan fingerprint density at radius 3 is 3.00 bits per heavy atom. The van der Waals surface area contributed by atoms with Gasteiger partial charge in [-0.25, -0.2) is 9.50 Å². The fourth-order valence-corrected chi connectivity index (χ4v) is 3.76. The maximum absolute atomic E-state index is 12.9. The van der Waals surface area contributed by atoms with Crippen LogP contribution in [0.25, 0.3) is 16.9 Å². The molecule has 0 radical (unpaired) electrons. The van der Waals surface area contributed by atoms with Crippen molar-refractivity contribution in [1.82, 2.24) is 35.4 Å². The van der Waals surface area contributed by atoms with Crippen LogP contribution in [0.4, 0.5) is 0 Å². The van der Waals surface area contributed by atoms with Gasteiger partial charge < -0.3 is 10.6 Å². The third kappa shape index (κ3) is 3.32. The van der Waals surface area contributed by atoms with E-state index in [1.165, 1.54) is 6.33 Å². The standard InChI is InChI=1S/C19H25N7O/c1-11(2)15-16(13-7-12(3)18-21-10-22-26(18)9-13)24-25-17(15)19(27)23-14-5-4-6-20-8-14/h7,9-11,14,20H,4-6,8H2,1-3H3,(H,23,27)(H,24,25)/t14-/m0/s1. The lowest BCUT2D eigenvalue weighted by Gasteiger charge is -2.23. The summed E-state index contributed by atoms with van der Waals surface area (Å²) in [6, 6.07) is 2.20. The van der Waals surface area contributed by atoms with Gasteiger partial charge in [-0.05, 0) is 43.9 Å². The number of pyridine rings is 1. The van der Waals surface area contributed by atoms with E-state index < -0.39 is 0 Å². The van der Waals surface area contributed by atoms with Gasteiger partial charge in [0.1, 0.15) is 12.0 Å². The van der Waals surface area contributed by atoms with Crippen LogP contribution in [0.5, 0.6) is 0 Å². The van der Waals surface area contributed by atoms with Crippen LogP contribution in [0.2, 0.25) is 0 Å². The zero-order chi connectivity index (χ0) is 19.0. The number of hydrogen-bond acceptors (Lipinski definition) is 5. The molecule has 1 fully saturated rings. The van der Waals surface area contributed by atoms with Gasteiger partial charge in [0.15, 0.2) is 5.65 Å². The molecule has 0 saturated carbocycles. The third-order valence-corrected chi connectivity index (χ3v) is 5.07. The highest BCUT2D eigenvalue weighted by Gasteiger charge is 2.25. The number of piperidine rings is 1. The minimum absolute atomic E-state index is 0.0929. The molecule has 4 heterocycles. The zero-order valence-electron chi connectivity index (χ0n) is 15.9. The molecule has 1 amide bonds. The van der Waals surface area contributed by atoms with Crippen molar-refractivity contribution in [2.45, 2.75) is 45.6 Å². The summed E-state index contributed by atoms with van der Waals surface area (Å²) in [5, 5.41) is 18.2. The van der Waals surface area contributed by atoms with Crippen LogP contribution in [-0.2, 0) is 0 Å². The van der Waals surface area contributed by atoms with E-state index in [9.17, 15) is 4.79 Å². The maximum Gasteiger partial charge on any atom is 0.269 e. The van der Waals surface area contributed by atoms with Crippen LogP contribution in [0, 0.1) is 6.92 Å². The van der Waals surface area contributed by atoms with Crippen molar-refractivity contribution in [2.75, 3.05) is 13.1 Å². The Morgan fingerprint density at radius 2 is 2.26 bits per heavy atom. The normalized spacial score (nSPS) is 17.6. The molecule has 27 heavy (non-hydrogen) atoms. The largest absolute Gasteiger partial charge is 0.347 e. The van der Waals surface area contributed by atoms with Crippen LogP contribution in [-0.4, -0.2) is 49.8 Å². The first kappa shape index (κ1) is 17.7. The SMILES string of the molecule is Cc1cc(-c2n[nH]c(C(=O)N[C@H]3CCCNC3)c2C(C)C)cn2ncnc12. The van der Waals surface area contributed by atoms with Crippen molar-refractivity contribution >= 4 is 11.6 Å². The van der Waals surface area contributed by atoms with E-state index in [2.05, 4.69) is 44.8 Å². The highest BCUT2D eigenvalue weighted by Crippen LogP contribution is 2.31.